The molecule has 138 valence electrons. The van der Waals surface area contributed by atoms with Crippen molar-refractivity contribution in [3.8, 4) is 0 Å². The molecule has 1 aromatic heterocycles. The maximum atomic E-state index is 12.8. The summed E-state index contributed by atoms with van der Waals surface area (Å²) in [5.74, 6) is 0.0584. The van der Waals surface area contributed by atoms with Gasteiger partial charge in [-0.25, -0.2) is 0 Å². The van der Waals surface area contributed by atoms with Gasteiger partial charge >= 0.3 is 0 Å². The van der Waals surface area contributed by atoms with Crippen LogP contribution < -0.4 is 4.90 Å². The van der Waals surface area contributed by atoms with Crippen molar-refractivity contribution in [2.24, 2.45) is 0 Å². The number of hydrogen-bond donors (Lipinski definition) is 1. The van der Waals surface area contributed by atoms with E-state index in [0.29, 0.717) is 31.7 Å². The van der Waals surface area contributed by atoms with Crippen molar-refractivity contribution in [3.05, 3.63) is 52.8 Å². The van der Waals surface area contributed by atoms with E-state index < -0.39 is 0 Å². The van der Waals surface area contributed by atoms with Crippen molar-refractivity contribution in [2.45, 2.75) is 13.8 Å². The number of piperazine rings is 1. The Morgan fingerprint density at radius 2 is 1.58 bits per heavy atom. The third-order valence-electron chi connectivity index (χ3n) is 4.84. The van der Waals surface area contributed by atoms with Gasteiger partial charge in [-0.15, -0.1) is 0 Å². The predicted molar refractivity (Wildman–Crippen MR) is 103 cm³/mol. The smallest absolute Gasteiger partial charge is 0.255 e. The van der Waals surface area contributed by atoms with Gasteiger partial charge in [0.25, 0.3) is 11.8 Å². The van der Waals surface area contributed by atoms with Crippen molar-refractivity contribution in [1.82, 2.24) is 14.8 Å². The number of carbonyl (C=O) groups excluding carboxylic acids is 2. The van der Waals surface area contributed by atoms with E-state index in [4.69, 9.17) is 0 Å². The zero-order valence-electron chi connectivity index (χ0n) is 15.9. The number of rotatable bonds is 3. The predicted octanol–water partition coefficient (Wildman–Crippen LogP) is 2.30. The molecule has 1 saturated heterocycles. The van der Waals surface area contributed by atoms with Crippen LogP contribution in [0.2, 0.25) is 0 Å². The van der Waals surface area contributed by atoms with Crippen LogP contribution >= 0.6 is 0 Å². The van der Waals surface area contributed by atoms with Crippen molar-refractivity contribution < 1.29 is 9.59 Å². The van der Waals surface area contributed by atoms with Crippen LogP contribution in [0.15, 0.2) is 30.3 Å². The minimum absolute atomic E-state index is 0.0227. The Labute approximate surface area is 154 Å². The molecule has 1 fully saturated rings. The summed E-state index contributed by atoms with van der Waals surface area (Å²) in [4.78, 5) is 34.3. The van der Waals surface area contributed by atoms with E-state index in [1.54, 1.807) is 0 Å². The van der Waals surface area contributed by atoms with Gasteiger partial charge in [0.1, 0.15) is 0 Å². The molecule has 6 nitrogen and oxygen atoms in total. The lowest BCUT2D eigenvalue weighted by Gasteiger charge is -2.35. The second-order valence-corrected chi connectivity index (χ2v) is 7.02. The topological polar surface area (TPSA) is 59.7 Å². The molecule has 26 heavy (non-hydrogen) atoms. The highest BCUT2D eigenvalue weighted by Crippen LogP contribution is 2.18. The number of carbonyl (C=O) groups is 2. The van der Waals surface area contributed by atoms with Gasteiger partial charge in [-0.1, -0.05) is 6.07 Å². The number of aryl methyl sites for hydroxylation is 2. The molecule has 2 aromatic rings. The van der Waals surface area contributed by atoms with E-state index >= 15 is 0 Å². The molecule has 0 aliphatic carbocycles. The highest BCUT2D eigenvalue weighted by Gasteiger charge is 2.26. The third-order valence-corrected chi connectivity index (χ3v) is 4.84. The first kappa shape index (κ1) is 18.0. The van der Waals surface area contributed by atoms with E-state index in [0.717, 1.165) is 22.6 Å². The fourth-order valence-corrected chi connectivity index (χ4v) is 3.33. The Morgan fingerprint density at radius 1 is 0.962 bits per heavy atom. The van der Waals surface area contributed by atoms with Gasteiger partial charge in [0, 0.05) is 62.9 Å². The molecule has 2 heterocycles. The zero-order valence-corrected chi connectivity index (χ0v) is 15.9. The zero-order chi connectivity index (χ0) is 18.8. The maximum Gasteiger partial charge on any atom is 0.255 e. The molecule has 0 spiro atoms. The van der Waals surface area contributed by atoms with E-state index in [1.165, 1.54) is 0 Å². The van der Waals surface area contributed by atoms with Crippen LogP contribution in [0, 0.1) is 13.8 Å². The van der Waals surface area contributed by atoms with E-state index in [2.05, 4.69) is 4.98 Å². The highest BCUT2D eigenvalue weighted by atomic mass is 16.2. The molecule has 0 radical (unpaired) electrons. The fraction of sp³-hybridized carbons (Fsp3) is 0.400. The Kier molecular flexibility index (Phi) is 5.02. The van der Waals surface area contributed by atoms with E-state index in [9.17, 15) is 9.59 Å². The Hall–Kier alpha value is -2.76. The first-order valence-electron chi connectivity index (χ1n) is 8.89. The van der Waals surface area contributed by atoms with Crippen LogP contribution in [0.4, 0.5) is 5.69 Å². The molecular formula is C20H26N4O2. The van der Waals surface area contributed by atoms with Crippen LogP contribution in [0.3, 0.4) is 0 Å². The summed E-state index contributed by atoms with van der Waals surface area (Å²) in [5.41, 5.74) is 4.30. The molecule has 2 amide bonds. The number of H-pyrrole nitrogens is 1. The quantitative estimate of drug-likeness (QED) is 0.920. The Bertz CT molecular complexity index is 817. The second-order valence-electron chi connectivity index (χ2n) is 7.02. The van der Waals surface area contributed by atoms with Crippen LogP contribution in [0.1, 0.15) is 32.1 Å². The molecular weight excluding hydrogens is 328 g/mol. The number of amides is 2. The van der Waals surface area contributed by atoms with Gasteiger partial charge in [0.05, 0.1) is 5.56 Å². The maximum absolute atomic E-state index is 12.8. The summed E-state index contributed by atoms with van der Waals surface area (Å²) < 4.78 is 0. The van der Waals surface area contributed by atoms with Gasteiger partial charge in [0.15, 0.2) is 0 Å². The van der Waals surface area contributed by atoms with Crippen molar-refractivity contribution in [3.63, 3.8) is 0 Å². The lowest BCUT2D eigenvalue weighted by atomic mass is 10.1. The van der Waals surface area contributed by atoms with Gasteiger partial charge in [-0.2, -0.15) is 0 Å². The lowest BCUT2D eigenvalue weighted by molar-refractivity contribution is 0.0535. The highest BCUT2D eigenvalue weighted by molar-refractivity contribution is 5.97. The van der Waals surface area contributed by atoms with E-state index in [-0.39, 0.29) is 11.8 Å². The molecule has 6 heteroatoms. The second kappa shape index (κ2) is 7.23. The fourth-order valence-electron chi connectivity index (χ4n) is 3.33. The summed E-state index contributed by atoms with van der Waals surface area (Å²) in [6.07, 6.45) is 0. The van der Waals surface area contributed by atoms with Crippen molar-refractivity contribution in [2.75, 3.05) is 45.2 Å². The van der Waals surface area contributed by atoms with E-state index in [1.807, 2.05) is 73.0 Å². The molecule has 0 unspecified atom stereocenters. The van der Waals surface area contributed by atoms with Crippen molar-refractivity contribution >= 4 is 17.5 Å². The number of anilines is 1. The Morgan fingerprint density at radius 3 is 2.12 bits per heavy atom. The van der Waals surface area contributed by atoms with Gasteiger partial charge in [-0.3, -0.25) is 9.59 Å². The normalized spacial score (nSPS) is 14.5. The molecule has 0 saturated carbocycles. The summed E-state index contributed by atoms with van der Waals surface area (Å²) in [6.45, 7) is 6.08. The molecule has 3 rings (SSSR count). The summed E-state index contributed by atoms with van der Waals surface area (Å²) >= 11 is 0. The van der Waals surface area contributed by atoms with Crippen LogP contribution in [0.5, 0.6) is 0 Å². The lowest BCUT2D eigenvalue weighted by Crippen LogP contribution is -2.50. The number of aromatic nitrogens is 1. The van der Waals surface area contributed by atoms with Crippen LogP contribution in [-0.2, 0) is 0 Å². The largest absolute Gasteiger partial charge is 0.378 e. The average molecular weight is 354 g/mol. The molecule has 0 bridgehead atoms. The number of nitrogens with zero attached hydrogens (tertiary/aromatic N) is 3. The SMILES string of the molecule is Cc1cc(C(=O)N2CCN(C(=O)c3cccc(N(C)C)c3)CC2)c(C)[nH]1. The minimum Gasteiger partial charge on any atom is -0.378 e. The molecule has 0 atom stereocenters. The molecule has 1 aromatic carbocycles. The van der Waals surface area contributed by atoms with Crippen molar-refractivity contribution in [1.29, 1.82) is 0 Å². The van der Waals surface area contributed by atoms with Crippen LogP contribution in [-0.4, -0.2) is 66.9 Å². The standard InChI is InChI=1S/C20H26N4O2/c1-14-12-18(15(2)21-14)20(26)24-10-8-23(9-11-24)19(25)16-6-5-7-17(13-16)22(3)4/h5-7,12-13,21H,8-11H2,1-4H3. The molecule has 1 N–H and O–H groups in total. The molecule has 1 aliphatic rings. The first-order valence-corrected chi connectivity index (χ1v) is 8.89. The third kappa shape index (κ3) is 3.59. The van der Waals surface area contributed by atoms with Crippen LogP contribution in [0.25, 0.3) is 0 Å². The van der Waals surface area contributed by atoms with Gasteiger partial charge < -0.3 is 19.7 Å². The summed E-state index contributed by atoms with van der Waals surface area (Å²) in [5, 5.41) is 0. The number of hydrogen-bond acceptors (Lipinski definition) is 3. The number of benzene rings is 1. The number of aromatic amines is 1. The average Bonchev–Trinajstić information content (AvgIpc) is 2.99. The first-order chi connectivity index (χ1) is 12.4. The molecule has 1 aliphatic heterocycles. The summed E-state index contributed by atoms with van der Waals surface area (Å²) in [6, 6.07) is 9.53. The van der Waals surface area contributed by atoms with Gasteiger partial charge in [0.2, 0.25) is 0 Å². The van der Waals surface area contributed by atoms with Gasteiger partial charge in [-0.05, 0) is 38.1 Å². The summed E-state index contributed by atoms with van der Waals surface area (Å²) in [7, 11) is 3.91. The Balaban J connectivity index is 1.65. The number of nitrogens with one attached hydrogen (secondary N) is 1. The minimum atomic E-state index is 0.0227. The monoisotopic (exact) mass is 354 g/mol.